The Labute approximate surface area is 135 Å². The van der Waals surface area contributed by atoms with Gasteiger partial charge in [0.15, 0.2) is 0 Å². The van der Waals surface area contributed by atoms with E-state index in [1.165, 1.54) is 30.6 Å². The number of hydrogen-bond acceptors (Lipinski definition) is 4. The van der Waals surface area contributed by atoms with E-state index in [1.807, 2.05) is 13.8 Å². The summed E-state index contributed by atoms with van der Waals surface area (Å²) in [6, 6.07) is 0. The van der Waals surface area contributed by atoms with E-state index in [0.29, 0.717) is 23.1 Å². The molecule has 2 aliphatic rings. The summed E-state index contributed by atoms with van der Waals surface area (Å²) < 4.78 is 5.14. The number of thiophene rings is 1. The SMILES string of the molecule is CCOC(=O)c1c(NC(=O)[C@@H]2C[C@H]3CC[C@@H]2C3)sc(C)c1C. The van der Waals surface area contributed by atoms with E-state index >= 15 is 0 Å². The van der Waals surface area contributed by atoms with Crippen LogP contribution in [0.3, 0.4) is 0 Å². The number of hydrogen-bond donors (Lipinski definition) is 1. The van der Waals surface area contributed by atoms with Gasteiger partial charge < -0.3 is 10.1 Å². The highest BCUT2D eigenvalue weighted by atomic mass is 32.1. The molecule has 0 saturated heterocycles. The normalized spacial score (nSPS) is 26.2. The van der Waals surface area contributed by atoms with E-state index in [1.54, 1.807) is 6.92 Å². The molecule has 1 aromatic rings. The van der Waals surface area contributed by atoms with Crippen molar-refractivity contribution < 1.29 is 14.3 Å². The Balaban J connectivity index is 1.78. The number of fused-ring (bicyclic) bond motifs is 2. The number of esters is 1. The second-order valence-electron chi connectivity index (χ2n) is 6.48. The number of anilines is 1. The van der Waals surface area contributed by atoms with Gasteiger partial charge in [-0.2, -0.15) is 0 Å². The van der Waals surface area contributed by atoms with Crippen LogP contribution in [0.2, 0.25) is 0 Å². The third kappa shape index (κ3) is 2.67. The second-order valence-corrected chi connectivity index (χ2v) is 7.70. The lowest BCUT2D eigenvalue weighted by molar-refractivity contribution is -0.121. The number of nitrogens with one attached hydrogen (secondary N) is 1. The summed E-state index contributed by atoms with van der Waals surface area (Å²) in [5.74, 6) is 1.14. The molecule has 1 aromatic heterocycles. The topological polar surface area (TPSA) is 55.4 Å². The number of aryl methyl sites for hydroxylation is 1. The van der Waals surface area contributed by atoms with Crippen molar-refractivity contribution in [3.05, 3.63) is 16.0 Å². The van der Waals surface area contributed by atoms with Crippen molar-refractivity contribution in [1.82, 2.24) is 0 Å². The Morgan fingerprint density at radius 1 is 1.27 bits per heavy atom. The fraction of sp³-hybridized carbons (Fsp3) is 0.647. The zero-order valence-corrected chi connectivity index (χ0v) is 14.2. The minimum atomic E-state index is -0.340. The van der Waals surface area contributed by atoms with E-state index in [4.69, 9.17) is 4.74 Å². The molecule has 2 fully saturated rings. The maximum Gasteiger partial charge on any atom is 0.341 e. The number of amides is 1. The smallest absolute Gasteiger partial charge is 0.341 e. The summed E-state index contributed by atoms with van der Waals surface area (Å²) >= 11 is 1.47. The van der Waals surface area contributed by atoms with Gasteiger partial charge in [0, 0.05) is 10.8 Å². The zero-order chi connectivity index (χ0) is 15.9. The highest BCUT2D eigenvalue weighted by Gasteiger charge is 2.43. The van der Waals surface area contributed by atoms with Crippen molar-refractivity contribution in [2.24, 2.45) is 17.8 Å². The van der Waals surface area contributed by atoms with Crippen molar-refractivity contribution in [3.8, 4) is 0 Å². The lowest BCUT2D eigenvalue weighted by Crippen LogP contribution is -2.27. The van der Waals surface area contributed by atoms with Gasteiger partial charge in [0.25, 0.3) is 0 Å². The average Bonchev–Trinajstić information content (AvgIpc) is 3.15. The Hall–Kier alpha value is -1.36. The van der Waals surface area contributed by atoms with Crippen LogP contribution < -0.4 is 5.32 Å². The molecule has 120 valence electrons. The van der Waals surface area contributed by atoms with Gasteiger partial charge in [0.1, 0.15) is 5.00 Å². The lowest BCUT2D eigenvalue weighted by atomic mass is 9.88. The van der Waals surface area contributed by atoms with Crippen LogP contribution in [0.4, 0.5) is 5.00 Å². The van der Waals surface area contributed by atoms with E-state index < -0.39 is 0 Å². The summed E-state index contributed by atoms with van der Waals surface area (Å²) in [5, 5.41) is 3.67. The quantitative estimate of drug-likeness (QED) is 0.855. The molecule has 2 aliphatic carbocycles. The van der Waals surface area contributed by atoms with Crippen molar-refractivity contribution in [2.45, 2.75) is 46.5 Å². The van der Waals surface area contributed by atoms with E-state index in [2.05, 4.69) is 5.32 Å². The first-order chi connectivity index (χ1) is 10.5. The molecule has 3 rings (SSSR count). The third-order valence-corrected chi connectivity index (χ3v) is 6.30. The molecule has 1 amide bonds. The van der Waals surface area contributed by atoms with Gasteiger partial charge in [-0.1, -0.05) is 6.42 Å². The molecule has 0 aromatic carbocycles. The van der Waals surface area contributed by atoms with Gasteiger partial charge in [0.2, 0.25) is 5.91 Å². The number of ether oxygens (including phenoxy) is 1. The van der Waals surface area contributed by atoms with Gasteiger partial charge in [-0.05, 0) is 57.4 Å². The molecule has 22 heavy (non-hydrogen) atoms. The zero-order valence-electron chi connectivity index (χ0n) is 13.4. The average molecular weight is 321 g/mol. The molecule has 3 atom stereocenters. The Morgan fingerprint density at radius 2 is 2.05 bits per heavy atom. The van der Waals surface area contributed by atoms with Crippen LogP contribution in [-0.4, -0.2) is 18.5 Å². The molecule has 1 N–H and O–H groups in total. The van der Waals surface area contributed by atoms with Crippen molar-refractivity contribution in [3.63, 3.8) is 0 Å². The van der Waals surface area contributed by atoms with E-state index in [9.17, 15) is 9.59 Å². The fourth-order valence-corrected chi connectivity index (χ4v) is 4.99. The highest BCUT2D eigenvalue weighted by Crippen LogP contribution is 2.48. The highest BCUT2D eigenvalue weighted by molar-refractivity contribution is 7.16. The van der Waals surface area contributed by atoms with Gasteiger partial charge in [0.05, 0.1) is 12.2 Å². The van der Waals surface area contributed by atoms with Crippen LogP contribution in [0.25, 0.3) is 0 Å². The molecule has 1 heterocycles. The summed E-state index contributed by atoms with van der Waals surface area (Å²) in [5.41, 5.74) is 1.44. The monoisotopic (exact) mass is 321 g/mol. The first kappa shape index (κ1) is 15.5. The van der Waals surface area contributed by atoms with Crippen molar-refractivity contribution >= 4 is 28.2 Å². The molecule has 0 unspecified atom stereocenters. The molecule has 5 heteroatoms. The van der Waals surface area contributed by atoms with Crippen molar-refractivity contribution in [2.75, 3.05) is 11.9 Å². The summed E-state index contributed by atoms with van der Waals surface area (Å²) in [4.78, 5) is 25.8. The van der Waals surface area contributed by atoms with Crippen LogP contribution >= 0.6 is 11.3 Å². The van der Waals surface area contributed by atoms with Gasteiger partial charge in [-0.15, -0.1) is 11.3 Å². The first-order valence-electron chi connectivity index (χ1n) is 8.09. The predicted molar refractivity (Wildman–Crippen MR) is 87.3 cm³/mol. The fourth-order valence-electron chi connectivity index (χ4n) is 3.93. The first-order valence-corrected chi connectivity index (χ1v) is 8.90. The molecular weight excluding hydrogens is 298 g/mol. The van der Waals surface area contributed by atoms with Crippen LogP contribution in [0.15, 0.2) is 0 Å². The molecule has 0 radical (unpaired) electrons. The minimum absolute atomic E-state index is 0.0824. The second kappa shape index (κ2) is 6.03. The Kier molecular flexibility index (Phi) is 4.26. The third-order valence-electron chi connectivity index (χ3n) is 5.18. The molecule has 2 saturated carbocycles. The van der Waals surface area contributed by atoms with E-state index in [0.717, 1.165) is 22.8 Å². The minimum Gasteiger partial charge on any atom is -0.462 e. The number of carbonyl (C=O) groups excluding carboxylic acids is 2. The molecule has 4 nitrogen and oxygen atoms in total. The van der Waals surface area contributed by atoms with Crippen molar-refractivity contribution in [1.29, 1.82) is 0 Å². The number of carbonyl (C=O) groups is 2. The molecule has 0 spiro atoms. The van der Waals surface area contributed by atoms with Gasteiger partial charge >= 0.3 is 5.97 Å². The Morgan fingerprint density at radius 3 is 2.64 bits per heavy atom. The molecule has 2 bridgehead atoms. The van der Waals surface area contributed by atoms with Crippen LogP contribution in [-0.2, 0) is 9.53 Å². The van der Waals surface area contributed by atoms with E-state index in [-0.39, 0.29) is 17.8 Å². The standard InChI is InChI=1S/C17H23NO3S/c1-4-21-17(20)14-9(2)10(3)22-16(14)18-15(19)13-8-11-5-6-12(13)7-11/h11-13H,4-8H2,1-3H3,(H,18,19)/t11-,12+,13+/m0/s1. The largest absolute Gasteiger partial charge is 0.462 e. The Bertz CT molecular complexity index is 607. The maximum atomic E-state index is 12.6. The summed E-state index contributed by atoms with van der Waals surface area (Å²) in [6.07, 6.45) is 4.66. The molecular formula is C17H23NO3S. The summed E-state index contributed by atoms with van der Waals surface area (Å²) in [6.45, 7) is 6.01. The molecule has 0 aliphatic heterocycles. The maximum absolute atomic E-state index is 12.6. The van der Waals surface area contributed by atoms with Gasteiger partial charge in [-0.3, -0.25) is 4.79 Å². The van der Waals surface area contributed by atoms with Crippen LogP contribution in [0.1, 0.15) is 53.4 Å². The van der Waals surface area contributed by atoms with Crippen LogP contribution in [0.5, 0.6) is 0 Å². The predicted octanol–water partition coefficient (Wildman–Crippen LogP) is 3.92. The van der Waals surface area contributed by atoms with Gasteiger partial charge in [-0.25, -0.2) is 4.79 Å². The summed E-state index contributed by atoms with van der Waals surface area (Å²) in [7, 11) is 0. The van der Waals surface area contributed by atoms with Crippen LogP contribution in [0, 0.1) is 31.6 Å². The number of rotatable bonds is 4. The lowest BCUT2D eigenvalue weighted by Gasteiger charge is -2.20.